The monoisotopic (exact) mass is 834 g/mol. The summed E-state index contributed by atoms with van der Waals surface area (Å²) in [6, 6.07) is 34.0. The maximum Gasteiger partial charge on any atom is 0.744 e. The summed E-state index contributed by atoms with van der Waals surface area (Å²) in [5.41, 5.74) is 8.32. The largest absolute Gasteiger partial charge is 0.744 e. The Kier molecular flexibility index (Phi) is 8.02. The van der Waals surface area contributed by atoms with Crippen molar-refractivity contribution in [2.75, 3.05) is 28.2 Å². The van der Waals surface area contributed by atoms with E-state index < -0.39 is 21.1 Å². The normalized spacial score (nSPS) is 15.0. The van der Waals surface area contributed by atoms with E-state index >= 15 is 0 Å². The highest BCUT2D eigenvalue weighted by molar-refractivity contribution is 6.69. The molecule has 0 fully saturated rings. The van der Waals surface area contributed by atoms with Gasteiger partial charge >= 0.3 is 21.1 Å². The Morgan fingerprint density at radius 2 is 1.02 bits per heavy atom. The maximum atomic E-state index is 14.6. The third kappa shape index (κ3) is 5.40. The molecule has 2 aromatic heterocycles. The van der Waals surface area contributed by atoms with Gasteiger partial charge in [-0.25, -0.2) is 39.5 Å². The van der Waals surface area contributed by atoms with Gasteiger partial charge in [0.2, 0.25) is 0 Å². The number of hydrogen-bond donors (Lipinski definition) is 0. The average Bonchev–Trinajstić information content (AvgIpc) is 3.95. The molecule has 62 heavy (non-hydrogen) atoms. The number of fused-ring (bicyclic) bond motifs is 14. The molecule has 2 amide bonds. The number of amidine groups is 4. The molecule has 0 saturated heterocycles. The van der Waals surface area contributed by atoms with Crippen LogP contribution in [0, 0.1) is 20.8 Å². The number of carbonyl (C=O) groups excluding carboxylic acids is 2. The second-order valence-corrected chi connectivity index (χ2v) is 18.6. The number of amides is 2. The van der Waals surface area contributed by atoms with Gasteiger partial charge < -0.3 is 18.7 Å². The summed E-state index contributed by atoms with van der Waals surface area (Å²) in [6.07, 6.45) is -1.56. The summed E-state index contributed by atoms with van der Waals surface area (Å²) < 4.78 is 17.3. The molecule has 0 radical (unpaired) electrons. The predicted molar refractivity (Wildman–Crippen MR) is 241 cm³/mol. The number of benzene rings is 5. The highest BCUT2D eigenvalue weighted by Gasteiger charge is 2.60. The second-order valence-electron chi connectivity index (χ2n) is 16.2. The highest BCUT2D eigenvalue weighted by Crippen LogP contribution is 2.44. The number of carbonyl (C=O) groups is 2. The number of aryl methyl sites for hydroxylation is 3. The lowest BCUT2D eigenvalue weighted by atomic mass is 10.0. The summed E-state index contributed by atoms with van der Waals surface area (Å²) >= 11 is 0. The van der Waals surface area contributed by atoms with E-state index in [1.165, 1.54) is 9.80 Å². The van der Waals surface area contributed by atoms with E-state index in [4.69, 9.17) is 38.8 Å². The molecule has 0 spiro atoms. The van der Waals surface area contributed by atoms with Gasteiger partial charge in [-0.15, -0.1) is 0 Å². The molecule has 7 aromatic rings. The molecule has 0 saturated carbocycles. The van der Waals surface area contributed by atoms with E-state index in [9.17, 15) is 9.59 Å². The van der Waals surface area contributed by atoms with E-state index in [-0.39, 0.29) is 0 Å². The van der Waals surface area contributed by atoms with Gasteiger partial charge in [0, 0.05) is 72.0 Å². The van der Waals surface area contributed by atoms with E-state index in [1.807, 2.05) is 124 Å². The fraction of sp³-hybridized carbons (Fsp3) is 0.149. The Hall–Kier alpha value is -7.78. The lowest BCUT2D eigenvalue weighted by Gasteiger charge is -2.33. The first-order chi connectivity index (χ1) is 29.9. The van der Waals surface area contributed by atoms with Gasteiger partial charge in [-0.2, -0.15) is 0 Å². The van der Waals surface area contributed by atoms with Gasteiger partial charge in [0.25, 0.3) is 0 Å². The Morgan fingerprint density at radius 3 is 1.65 bits per heavy atom. The van der Waals surface area contributed by atoms with Crippen molar-refractivity contribution in [2.24, 2.45) is 30.0 Å². The molecule has 5 aromatic carbocycles. The minimum atomic E-state index is -5.09. The van der Waals surface area contributed by atoms with Crippen LogP contribution < -0.4 is 11.0 Å². The molecule has 304 valence electrons. The standard InChI is InChI=1S/C47H38N10O4Si/c1-25-16-19-30-34(22-25)40-48-38(30)50-43-33-15-11-14-29(28-12-9-8-10-13-28)37(33)45-53-41-35-23-26(2)17-20-31(35)39(49-41)51-44-36-24-27(3)18-21-32(36)42(52-40)56(44)62(57(43)45,60-46(58)54(4)5)61-47(59)55(6)7/h8-24H,1-7H3. The van der Waals surface area contributed by atoms with Gasteiger partial charge in [-0.05, 0) is 50.1 Å². The molecule has 15 heteroatoms. The number of aromatic nitrogens is 2. The fourth-order valence-corrected chi connectivity index (χ4v) is 11.7. The quantitative estimate of drug-likeness (QED) is 0.172. The van der Waals surface area contributed by atoms with Crippen molar-refractivity contribution in [1.29, 1.82) is 0 Å². The van der Waals surface area contributed by atoms with Crippen LogP contribution >= 0.6 is 0 Å². The van der Waals surface area contributed by atoms with E-state index in [0.29, 0.717) is 67.5 Å². The molecule has 4 aliphatic rings. The SMILES string of the molecule is Cc1ccc2c(c1)C1=NC2=Nc2c3cc(C)ccc3c3n2[Si](OC(=O)N(C)C)(OC(=O)N(C)C)n2c(c4cccc(-c5ccccc5)c4c2=N1)=NC1=NC(=N3)c2cc(C)ccc21. The molecular weight excluding hydrogens is 797 g/mol. The van der Waals surface area contributed by atoms with Crippen LogP contribution in [0.1, 0.15) is 38.9 Å². The van der Waals surface area contributed by atoms with Crippen molar-refractivity contribution in [2.45, 2.75) is 20.8 Å². The van der Waals surface area contributed by atoms with Crippen molar-refractivity contribution >= 4 is 77.6 Å². The Labute approximate surface area is 356 Å². The summed E-state index contributed by atoms with van der Waals surface area (Å²) in [5.74, 6) is 2.15. The van der Waals surface area contributed by atoms with Crippen LogP contribution in [-0.2, 0) is 8.85 Å². The van der Waals surface area contributed by atoms with Crippen LogP contribution in [0.15, 0.2) is 133 Å². The summed E-state index contributed by atoms with van der Waals surface area (Å²) in [6.45, 7) is 6.03. The zero-order valence-corrected chi connectivity index (χ0v) is 35.9. The van der Waals surface area contributed by atoms with Gasteiger partial charge in [0.05, 0.1) is 0 Å². The maximum absolute atomic E-state index is 14.6. The number of nitrogens with zero attached hydrogens (tertiary/aromatic N) is 10. The molecule has 4 aliphatic heterocycles. The molecule has 0 aliphatic carbocycles. The van der Waals surface area contributed by atoms with Gasteiger partial charge in [-0.1, -0.05) is 102 Å². The zero-order chi connectivity index (χ0) is 42.8. The Balaban J connectivity index is 1.48. The van der Waals surface area contributed by atoms with Crippen molar-refractivity contribution in [3.8, 4) is 11.1 Å². The van der Waals surface area contributed by atoms with Crippen molar-refractivity contribution < 1.29 is 18.4 Å². The average molecular weight is 835 g/mol. The van der Waals surface area contributed by atoms with E-state index in [1.54, 1.807) is 36.7 Å². The molecule has 0 atom stereocenters. The van der Waals surface area contributed by atoms with E-state index in [2.05, 4.69) is 0 Å². The topological polar surface area (TPSA) is 143 Å². The first kappa shape index (κ1) is 37.2. The Bertz CT molecular complexity index is 3430. The van der Waals surface area contributed by atoms with Crippen LogP contribution in [0.4, 0.5) is 21.2 Å². The summed E-state index contributed by atoms with van der Waals surface area (Å²) in [4.78, 5) is 63.9. The number of hydrogen-bond acceptors (Lipinski definition) is 10. The second kappa shape index (κ2) is 13.4. The van der Waals surface area contributed by atoms with E-state index in [0.717, 1.165) is 50.1 Å². The van der Waals surface area contributed by atoms with Gasteiger partial charge in [0.15, 0.2) is 23.3 Å². The van der Waals surface area contributed by atoms with Crippen LogP contribution in [0.25, 0.3) is 32.7 Å². The zero-order valence-electron chi connectivity index (χ0n) is 34.9. The summed E-state index contributed by atoms with van der Waals surface area (Å²) in [5, 5.41) is 2.63. The first-order valence-corrected chi connectivity index (χ1v) is 21.8. The van der Waals surface area contributed by atoms with Crippen molar-refractivity contribution in [3.63, 3.8) is 0 Å². The van der Waals surface area contributed by atoms with Crippen LogP contribution in [0.2, 0.25) is 0 Å². The molecule has 6 heterocycles. The predicted octanol–water partition coefficient (Wildman–Crippen LogP) is 7.36. The van der Waals surface area contributed by atoms with Gasteiger partial charge in [0.1, 0.15) is 22.6 Å². The minimum absolute atomic E-state index is 0.299. The fourth-order valence-electron chi connectivity index (χ4n) is 8.49. The van der Waals surface area contributed by atoms with Crippen molar-refractivity contribution in [3.05, 3.63) is 153 Å². The molecule has 0 N–H and O–H groups in total. The minimum Gasteiger partial charge on any atom is -0.435 e. The van der Waals surface area contributed by atoms with Gasteiger partial charge in [-0.3, -0.25) is 8.47 Å². The number of aliphatic imine (C=N–C) groups is 4. The first-order valence-electron chi connectivity index (χ1n) is 20.1. The highest BCUT2D eigenvalue weighted by atomic mass is 28.4. The number of rotatable bonds is 3. The molecule has 14 nitrogen and oxygen atoms in total. The third-order valence-corrected chi connectivity index (χ3v) is 14.3. The third-order valence-electron chi connectivity index (χ3n) is 11.4. The van der Waals surface area contributed by atoms with Crippen LogP contribution in [0.5, 0.6) is 0 Å². The van der Waals surface area contributed by atoms with Crippen LogP contribution in [0.3, 0.4) is 0 Å². The smallest absolute Gasteiger partial charge is 0.435 e. The molecule has 11 rings (SSSR count). The molecular formula is C47H38N10O4Si. The molecule has 6 bridgehead atoms. The Morgan fingerprint density at radius 1 is 0.484 bits per heavy atom. The lowest BCUT2D eigenvalue weighted by molar-refractivity contribution is 0.124. The molecule has 0 unspecified atom stereocenters. The summed E-state index contributed by atoms with van der Waals surface area (Å²) in [7, 11) is 1.24. The van der Waals surface area contributed by atoms with Crippen molar-refractivity contribution in [1.82, 2.24) is 18.3 Å². The lowest BCUT2D eigenvalue weighted by Crippen LogP contribution is -2.66. The van der Waals surface area contributed by atoms with Crippen LogP contribution in [-0.4, -0.2) is 90.9 Å².